The zero-order chi connectivity index (χ0) is 15.9. The molecule has 3 rings (SSSR count). The number of hydroxylamine groups is 1. The van der Waals surface area contributed by atoms with Gasteiger partial charge in [-0.2, -0.15) is 0 Å². The van der Waals surface area contributed by atoms with Gasteiger partial charge in [-0.15, -0.1) is 0 Å². The Morgan fingerprint density at radius 2 is 1.68 bits per heavy atom. The average molecular weight is 320 g/mol. The van der Waals surface area contributed by atoms with Gasteiger partial charge in [0, 0.05) is 17.7 Å². The smallest absolute Gasteiger partial charge is 0.258 e. The lowest BCUT2D eigenvalue weighted by molar-refractivity contribution is -0.384. The van der Waals surface area contributed by atoms with Gasteiger partial charge in [0.15, 0.2) is 6.23 Å². The Balaban J connectivity index is 1.81. The largest absolute Gasteiger partial charge is 0.269 e. The van der Waals surface area contributed by atoms with Crippen molar-refractivity contribution in [1.82, 2.24) is 4.47 Å². The number of nitro benzene ring substituents is 1. The topological polar surface area (TPSA) is 92.8 Å². The summed E-state index contributed by atoms with van der Waals surface area (Å²) in [5, 5.41) is 10.6. The number of non-ortho nitro benzene ring substituents is 1. The Morgan fingerprint density at radius 3 is 2.23 bits per heavy atom. The van der Waals surface area contributed by atoms with E-state index in [0.29, 0.717) is 5.56 Å². The third kappa shape index (κ3) is 2.59. The Hall–Kier alpha value is -2.29. The molecule has 2 aromatic rings. The van der Waals surface area contributed by atoms with Crippen molar-refractivity contribution in [3.05, 3.63) is 69.8 Å². The van der Waals surface area contributed by atoms with E-state index in [-0.39, 0.29) is 10.6 Å². The van der Waals surface area contributed by atoms with Crippen molar-refractivity contribution in [2.45, 2.75) is 18.0 Å². The number of rotatable bonds is 4. The molecule has 22 heavy (non-hydrogen) atoms. The second-order valence-electron chi connectivity index (χ2n) is 4.88. The first-order valence-electron chi connectivity index (χ1n) is 6.42. The Morgan fingerprint density at radius 1 is 1.09 bits per heavy atom. The molecule has 1 fully saturated rings. The van der Waals surface area contributed by atoms with Gasteiger partial charge in [-0.3, -0.25) is 15.0 Å². The molecule has 2 atom stereocenters. The molecule has 7 nitrogen and oxygen atoms in total. The van der Waals surface area contributed by atoms with Gasteiger partial charge in [0.25, 0.3) is 15.7 Å². The van der Waals surface area contributed by atoms with Crippen LogP contribution < -0.4 is 0 Å². The van der Waals surface area contributed by atoms with Crippen LogP contribution in [-0.2, 0) is 14.9 Å². The van der Waals surface area contributed by atoms with Crippen LogP contribution in [0.25, 0.3) is 0 Å². The molecule has 1 saturated heterocycles. The zero-order valence-corrected chi connectivity index (χ0v) is 12.4. The van der Waals surface area contributed by atoms with Crippen molar-refractivity contribution < 1.29 is 18.2 Å². The van der Waals surface area contributed by atoms with Gasteiger partial charge in [-0.25, -0.2) is 8.42 Å². The van der Waals surface area contributed by atoms with Crippen LogP contribution in [-0.4, -0.2) is 17.8 Å². The summed E-state index contributed by atoms with van der Waals surface area (Å²) in [5.74, 6) is 0. The maximum Gasteiger partial charge on any atom is 0.269 e. The monoisotopic (exact) mass is 320 g/mol. The van der Waals surface area contributed by atoms with Gasteiger partial charge in [-0.1, -0.05) is 17.7 Å². The molecule has 0 N–H and O–H groups in total. The molecular formula is C14H12N2O5S. The zero-order valence-electron chi connectivity index (χ0n) is 11.5. The standard InChI is InChI=1S/C14H12N2O5S/c1-10-2-8-13(9-3-10)22(19,20)16-14(21-16)11-4-6-12(7-5-11)15(17)18/h2-9,14H,1H3/t14-,16?/m1/s1. The highest BCUT2D eigenvalue weighted by molar-refractivity contribution is 7.89. The SMILES string of the molecule is Cc1ccc(S(=O)(=O)N2O[C@@H]2c2ccc([N+](=O)[O-])cc2)cc1. The van der Waals surface area contributed by atoms with Gasteiger partial charge in [0.1, 0.15) is 0 Å². The van der Waals surface area contributed by atoms with E-state index in [1.165, 1.54) is 36.4 Å². The minimum atomic E-state index is -3.73. The highest BCUT2D eigenvalue weighted by Gasteiger charge is 2.48. The number of nitro groups is 1. The highest BCUT2D eigenvalue weighted by Crippen LogP contribution is 2.42. The van der Waals surface area contributed by atoms with Gasteiger partial charge < -0.3 is 0 Å². The van der Waals surface area contributed by atoms with Crippen LogP contribution in [0.2, 0.25) is 0 Å². The molecule has 1 unspecified atom stereocenters. The van der Waals surface area contributed by atoms with Crippen LogP contribution in [0.5, 0.6) is 0 Å². The van der Waals surface area contributed by atoms with Crippen molar-refractivity contribution >= 4 is 15.7 Å². The van der Waals surface area contributed by atoms with Crippen LogP contribution in [0.3, 0.4) is 0 Å². The predicted octanol–water partition coefficient (Wildman–Crippen LogP) is 2.54. The Kier molecular flexibility index (Phi) is 3.44. The van der Waals surface area contributed by atoms with Crippen LogP contribution in [0, 0.1) is 17.0 Å². The van der Waals surface area contributed by atoms with Crippen molar-refractivity contribution in [2.75, 3.05) is 0 Å². The molecule has 0 saturated carbocycles. The minimum absolute atomic E-state index is 0.0580. The number of nitrogens with zero attached hydrogens (tertiary/aromatic N) is 2. The summed E-state index contributed by atoms with van der Waals surface area (Å²) in [6, 6.07) is 12.0. The first kappa shape index (κ1) is 14.6. The third-order valence-corrected chi connectivity index (χ3v) is 4.91. The summed E-state index contributed by atoms with van der Waals surface area (Å²) in [6.07, 6.45) is -0.743. The molecule has 0 aromatic heterocycles. The number of hydrogen-bond donors (Lipinski definition) is 0. The molecule has 0 spiro atoms. The fourth-order valence-electron chi connectivity index (χ4n) is 2.01. The number of benzene rings is 2. The van der Waals surface area contributed by atoms with Gasteiger partial charge >= 0.3 is 0 Å². The van der Waals surface area contributed by atoms with E-state index in [1.54, 1.807) is 12.1 Å². The predicted molar refractivity (Wildman–Crippen MR) is 77.1 cm³/mol. The van der Waals surface area contributed by atoms with Crippen LogP contribution in [0.4, 0.5) is 5.69 Å². The summed E-state index contributed by atoms with van der Waals surface area (Å²) < 4.78 is 25.6. The van der Waals surface area contributed by atoms with Crippen LogP contribution >= 0.6 is 0 Å². The van der Waals surface area contributed by atoms with E-state index >= 15 is 0 Å². The van der Waals surface area contributed by atoms with Crippen molar-refractivity contribution in [1.29, 1.82) is 0 Å². The lowest BCUT2D eigenvalue weighted by Gasteiger charge is -2.03. The molecule has 1 heterocycles. The Bertz CT molecular complexity index is 815. The molecule has 0 radical (unpaired) electrons. The van der Waals surface area contributed by atoms with E-state index in [0.717, 1.165) is 10.0 Å². The third-order valence-electron chi connectivity index (χ3n) is 3.29. The maximum atomic E-state index is 12.4. The van der Waals surface area contributed by atoms with E-state index in [4.69, 9.17) is 4.84 Å². The van der Waals surface area contributed by atoms with Crippen molar-refractivity contribution in [2.24, 2.45) is 0 Å². The lowest BCUT2D eigenvalue weighted by atomic mass is 10.2. The first-order chi connectivity index (χ1) is 10.4. The second kappa shape index (κ2) is 5.16. The molecule has 0 aliphatic carbocycles. The normalized spacial score (nSPS) is 20.6. The molecule has 2 aromatic carbocycles. The fourth-order valence-corrected chi connectivity index (χ4v) is 3.27. The maximum absolute atomic E-state index is 12.4. The molecule has 1 aliphatic rings. The number of aryl methyl sites for hydroxylation is 1. The lowest BCUT2D eigenvalue weighted by Crippen LogP contribution is -2.12. The summed E-state index contributed by atoms with van der Waals surface area (Å²) in [6.45, 7) is 1.87. The summed E-state index contributed by atoms with van der Waals surface area (Å²) >= 11 is 0. The van der Waals surface area contributed by atoms with Gasteiger partial charge in [0.2, 0.25) is 0 Å². The fraction of sp³-hybridized carbons (Fsp3) is 0.143. The summed E-state index contributed by atoms with van der Waals surface area (Å²) in [5.41, 5.74) is 1.44. The average Bonchev–Trinajstić information content (AvgIpc) is 3.29. The summed E-state index contributed by atoms with van der Waals surface area (Å²) in [7, 11) is -3.73. The molecular weight excluding hydrogens is 308 g/mol. The molecule has 114 valence electrons. The molecule has 0 bridgehead atoms. The highest BCUT2D eigenvalue weighted by atomic mass is 32.2. The quantitative estimate of drug-likeness (QED) is 0.490. The second-order valence-corrected chi connectivity index (χ2v) is 6.66. The molecule has 0 amide bonds. The van der Waals surface area contributed by atoms with Gasteiger partial charge in [0.05, 0.1) is 9.82 Å². The van der Waals surface area contributed by atoms with Crippen LogP contribution in [0.15, 0.2) is 53.4 Å². The van der Waals surface area contributed by atoms with E-state index < -0.39 is 21.2 Å². The van der Waals surface area contributed by atoms with Crippen LogP contribution in [0.1, 0.15) is 17.4 Å². The molecule has 8 heteroatoms. The summed E-state index contributed by atoms with van der Waals surface area (Å²) in [4.78, 5) is 15.4. The van der Waals surface area contributed by atoms with E-state index in [1.807, 2.05) is 6.92 Å². The minimum Gasteiger partial charge on any atom is -0.258 e. The first-order valence-corrected chi connectivity index (χ1v) is 7.86. The number of sulfonamides is 1. The van der Waals surface area contributed by atoms with Crippen molar-refractivity contribution in [3.8, 4) is 0 Å². The van der Waals surface area contributed by atoms with Crippen molar-refractivity contribution in [3.63, 3.8) is 0 Å². The Labute approximate surface area is 126 Å². The molecule has 1 aliphatic heterocycles. The van der Waals surface area contributed by atoms with Gasteiger partial charge in [-0.05, 0) is 35.7 Å². The van der Waals surface area contributed by atoms with E-state index in [2.05, 4.69) is 0 Å². The number of hydrogen-bond acceptors (Lipinski definition) is 5. The van der Waals surface area contributed by atoms with E-state index in [9.17, 15) is 18.5 Å².